The second-order valence-electron chi connectivity index (χ2n) is 5.13. The van der Waals surface area contributed by atoms with Crippen molar-refractivity contribution in [1.82, 2.24) is 9.80 Å². The second-order valence-corrected chi connectivity index (χ2v) is 6.50. The van der Waals surface area contributed by atoms with Gasteiger partial charge in [0.25, 0.3) is 5.91 Å². The largest absolute Gasteiger partial charge is 0.340 e. The molecule has 0 radical (unpaired) electrons. The molecule has 0 bridgehead atoms. The Morgan fingerprint density at radius 2 is 2.32 bits per heavy atom. The number of likely N-dealkylation sites (tertiary alicyclic amines) is 1. The Hall–Kier alpha value is -0.520. The van der Waals surface area contributed by atoms with Crippen LogP contribution in [0.2, 0.25) is 0 Å². The van der Waals surface area contributed by atoms with E-state index in [4.69, 9.17) is 0 Å². The molecule has 0 aromatic heterocycles. The first-order chi connectivity index (χ1) is 8.99. The lowest BCUT2D eigenvalue weighted by Gasteiger charge is -2.26. The van der Waals surface area contributed by atoms with E-state index in [0.717, 1.165) is 22.5 Å². The normalized spacial score (nSPS) is 19.7. The summed E-state index contributed by atoms with van der Waals surface area (Å²) < 4.78 is 0.821. The van der Waals surface area contributed by atoms with Crippen LogP contribution in [0.3, 0.4) is 0 Å². The molecule has 1 atom stereocenters. The predicted octanol–water partition coefficient (Wildman–Crippen LogP) is 2.90. The molecule has 2 rings (SSSR count). The minimum Gasteiger partial charge on any atom is -0.340 e. The van der Waals surface area contributed by atoms with E-state index in [0.29, 0.717) is 11.6 Å². The molecule has 0 aliphatic carbocycles. The molecule has 5 heteroatoms. The average Bonchev–Trinajstić information content (AvgIpc) is 2.77. The van der Waals surface area contributed by atoms with Gasteiger partial charge in [0.2, 0.25) is 0 Å². The van der Waals surface area contributed by atoms with Gasteiger partial charge in [0, 0.05) is 29.0 Å². The van der Waals surface area contributed by atoms with Gasteiger partial charge in [-0.2, -0.15) is 0 Å². The number of rotatable bonds is 3. The third kappa shape index (κ3) is 3.52. The van der Waals surface area contributed by atoms with Crippen LogP contribution >= 0.6 is 28.6 Å². The minimum atomic E-state index is 0.0445. The van der Waals surface area contributed by atoms with Gasteiger partial charge in [-0.1, -0.05) is 0 Å². The fourth-order valence-electron chi connectivity index (χ4n) is 2.49. The van der Waals surface area contributed by atoms with Crippen LogP contribution in [0.25, 0.3) is 0 Å². The van der Waals surface area contributed by atoms with E-state index in [9.17, 15) is 4.79 Å². The molecule has 0 N–H and O–H groups in total. The molecule has 1 amide bonds. The van der Waals surface area contributed by atoms with Crippen LogP contribution in [-0.4, -0.2) is 48.9 Å². The maximum absolute atomic E-state index is 12.5. The zero-order valence-corrected chi connectivity index (χ0v) is 13.7. The van der Waals surface area contributed by atoms with Crippen LogP contribution in [0.1, 0.15) is 23.2 Å². The summed E-state index contributed by atoms with van der Waals surface area (Å²) in [6.45, 7) is 1.90. The molecule has 19 heavy (non-hydrogen) atoms. The topological polar surface area (TPSA) is 23.6 Å². The van der Waals surface area contributed by atoms with Crippen molar-refractivity contribution in [3.05, 3.63) is 28.2 Å². The van der Waals surface area contributed by atoms with E-state index >= 15 is 0 Å². The van der Waals surface area contributed by atoms with Crippen LogP contribution in [0, 0.1) is 0 Å². The van der Waals surface area contributed by atoms with Gasteiger partial charge in [-0.25, -0.2) is 0 Å². The lowest BCUT2D eigenvalue weighted by Crippen LogP contribution is -2.39. The maximum Gasteiger partial charge on any atom is 0.254 e. The van der Waals surface area contributed by atoms with Gasteiger partial charge in [-0.3, -0.25) is 4.79 Å². The third-order valence-electron chi connectivity index (χ3n) is 3.68. The van der Waals surface area contributed by atoms with Crippen LogP contribution in [-0.2, 0) is 0 Å². The number of halogens is 1. The zero-order chi connectivity index (χ0) is 14.0. The van der Waals surface area contributed by atoms with Gasteiger partial charge in [-0.15, -0.1) is 12.6 Å². The standard InChI is InChI=1S/C14H19BrN2OS/c1-16-7-3-4-10(16)9-17(2)14(18)12-8-11(19)5-6-13(12)15/h5-6,8,10,19H,3-4,7,9H2,1-2H3. The Bertz CT molecular complexity index is 481. The second kappa shape index (κ2) is 6.29. The third-order valence-corrected chi connectivity index (χ3v) is 4.65. The molecule has 1 fully saturated rings. The highest BCUT2D eigenvalue weighted by molar-refractivity contribution is 9.10. The summed E-state index contributed by atoms with van der Waals surface area (Å²) in [6.07, 6.45) is 2.39. The highest BCUT2D eigenvalue weighted by Gasteiger charge is 2.24. The Balaban J connectivity index is 2.08. The first-order valence-electron chi connectivity index (χ1n) is 6.43. The summed E-state index contributed by atoms with van der Waals surface area (Å²) in [6, 6.07) is 6.02. The highest BCUT2D eigenvalue weighted by atomic mass is 79.9. The first kappa shape index (κ1) is 14.9. The number of hydrogen-bond donors (Lipinski definition) is 1. The zero-order valence-electron chi connectivity index (χ0n) is 11.3. The van der Waals surface area contributed by atoms with E-state index in [1.807, 2.05) is 25.2 Å². The summed E-state index contributed by atoms with van der Waals surface area (Å²) in [5.74, 6) is 0.0445. The quantitative estimate of drug-likeness (QED) is 0.853. The smallest absolute Gasteiger partial charge is 0.254 e. The van der Waals surface area contributed by atoms with Gasteiger partial charge < -0.3 is 9.80 Å². The molecule has 0 saturated carbocycles. The van der Waals surface area contributed by atoms with Crippen molar-refractivity contribution in [2.45, 2.75) is 23.8 Å². The molecule has 1 unspecified atom stereocenters. The summed E-state index contributed by atoms with van der Waals surface area (Å²) in [7, 11) is 3.99. The molecular weight excluding hydrogens is 324 g/mol. The molecule has 1 saturated heterocycles. The Morgan fingerprint density at radius 3 is 2.95 bits per heavy atom. The molecule has 1 aliphatic rings. The van der Waals surface area contributed by atoms with Crippen molar-refractivity contribution >= 4 is 34.5 Å². The number of benzene rings is 1. The molecule has 3 nitrogen and oxygen atoms in total. The molecule has 104 valence electrons. The number of carbonyl (C=O) groups excluding carboxylic acids is 1. The van der Waals surface area contributed by atoms with Crippen molar-refractivity contribution in [3.8, 4) is 0 Å². The summed E-state index contributed by atoms with van der Waals surface area (Å²) in [5.41, 5.74) is 0.677. The van der Waals surface area contributed by atoms with Crippen molar-refractivity contribution in [3.63, 3.8) is 0 Å². The van der Waals surface area contributed by atoms with Gasteiger partial charge in [0.05, 0.1) is 5.56 Å². The van der Waals surface area contributed by atoms with Gasteiger partial charge >= 0.3 is 0 Å². The van der Waals surface area contributed by atoms with Gasteiger partial charge in [-0.05, 0) is 60.6 Å². The maximum atomic E-state index is 12.5. The lowest BCUT2D eigenvalue weighted by atomic mass is 10.1. The molecule has 1 aromatic carbocycles. The Kier molecular flexibility index (Phi) is 4.92. The number of amides is 1. The molecule has 1 aromatic rings. The van der Waals surface area contributed by atoms with Crippen LogP contribution in [0.5, 0.6) is 0 Å². The highest BCUT2D eigenvalue weighted by Crippen LogP contribution is 2.22. The number of likely N-dealkylation sites (N-methyl/N-ethyl adjacent to an activating group) is 2. The summed E-state index contributed by atoms with van der Waals surface area (Å²) in [4.78, 5) is 17.4. The molecule has 1 aliphatic heterocycles. The number of thiol groups is 1. The van der Waals surface area contributed by atoms with E-state index in [1.165, 1.54) is 12.8 Å². The van der Waals surface area contributed by atoms with Crippen molar-refractivity contribution < 1.29 is 4.79 Å². The first-order valence-corrected chi connectivity index (χ1v) is 7.67. The van der Waals surface area contributed by atoms with Crippen molar-refractivity contribution in [2.75, 3.05) is 27.2 Å². The Labute approximate surface area is 128 Å². The Morgan fingerprint density at radius 1 is 1.58 bits per heavy atom. The van der Waals surface area contributed by atoms with E-state index in [2.05, 4.69) is 40.5 Å². The number of nitrogens with zero attached hydrogens (tertiary/aromatic N) is 2. The van der Waals surface area contributed by atoms with Crippen LogP contribution < -0.4 is 0 Å². The lowest BCUT2D eigenvalue weighted by molar-refractivity contribution is 0.0760. The SMILES string of the molecule is CN(CC1CCCN1C)C(=O)c1cc(S)ccc1Br. The molecule has 0 spiro atoms. The van der Waals surface area contributed by atoms with Crippen molar-refractivity contribution in [2.24, 2.45) is 0 Å². The molecule has 1 heterocycles. The van der Waals surface area contributed by atoms with Gasteiger partial charge in [0.15, 0.2) is 0 Å². The fourth-order valence-corrected chi connectivity index (χ4v) is 3.11. The minimum absolute atomic E-state index is 0.0445. The predicted molar refractivity (Wildman–Crippen MR) is 84.0 cm³/mol. The molecular formula is C14H19BrN2OS. The van der Waals surface area contributed by atoms with E-state index in [1.54, 1.807) is 4.90 Å². The van der Waals surface area contributed by atoms with Crippen molar-refractivity contribution in [1.29, 1.82) is 0 Å². The van der Waals surface area contributed by atoms with E-state index < -0.39 is 0 Å². The van der Waals surface area contributed by atoms with Gasteiger partial charge in [0.1, 0.15) is 0 Å². The average molecular weight is 343 g/mol. The van der Waals surface area contributed by atoms with Crippen LogP contribution in [0.15, 0.2) is 27.6 Å². The number of carbonyl (C=O) groups is 1. The van der Waals surface area contributed by atoms with E-state index in [-0.39, 0.29) is 5.91 Å². The monoisotopic (exact) mass is 342 g/mol. The van der Waals surface area contributed by atoms with Crippen LogP contribution in [0.4, 0.5) is 0 Å². The number of hydrogen-bond acceptors (Lipinski definition) is 3. The summed E-state index contributed by atoms with van der Waals surface area (Å²) in [5, 5.41) is 0. The summed E-state index contributed by atoms with van der Waals surface area (Å²) >= 11 is 7.73. The fraction of sp³-hybridized carbons (Fsp3) is 0.500.